The zero-order valence-corrected chi connectivity index (χ0v) is 25.2. The summed E-state index contributed by atoms with van der Waals surface area (Å²) < 4.78 is 21.9. The summed E-state index contributed by atoms with van der Waals surface area (Å²) in [5.41, 5.74) is 0.308. The summed E-state index contributed by atoms with van der Waals surface area (Å²) in [6.45, 7) is 14.1. The highest BCUT2D eigenvalue weighted by molar-refractivity contribution is 5.69. The molecule has 0 radical (unpaired) electrons. The fourth-order valence-electron chi connectivity index (χ4n) is 4.40. The number of aliphatic carboxylic acids is 1. The number of hydrogen-bond donors (Lipinski definition) is 2. The molecule has 1 aromatic rings. The first-order chi connectivity index (χ1) is 18.2. The van der Waals surface area contributed by atoms with E-state index in [-0.39, 0.29) is 24.2 Å². The van der Waals surface area contributed by atoms with Crippen LogP contribution >= 0.6 is 0 Å². The van der Waals surface area contributed by atoms with Crippen molar-refractivity contribution in [3.8, 4) is 11.5 Å². The van der Waals surface area contributed by atoms with Crippen molar-refractivity contribution >= 4 is 12.1 Å². The minimum absolute atomic E-state index is 0.0344. The average Bonchev–Trinajstić information content (AvgIpc) is 2.82. The quantitative estimate of drug-likeness (QED) is 0.278. The lowest BCUT2D eigenvalue weighted by molar-refractivity contribution is -0.314. The molecule has 0 spiro atoms. The SMILES string of the molecule is COCCCOc1cc(C[C@@H](C[C@H](NC(=O)OC(C)(C)C)[C@@H](O)C[C@H](C(=O)[O-])C(C)C)C(C)C)ccc1OC. The second kappa shape index (κ2) is 16.6. The maximum absolute atomic E-state index is 12.7. The molecule has 0 unspecified atom stereocenters. The van der Waals surface area contributed by atoms with E-state index in [1.807, 2.05) is 18.2 Å². The van der Waals surface area contributed by atoms with Crippen molar-refractivity contribution in [3.05, 3.63) is 23.8 Å². The minimum atomic E-state index is -1.21. The molecule has 4 atom stereocenters. The molecule has 0 heterocycles. The number of carboxylic acids is 1. The first-order valence-electron chi connectivity index (χ1n) is 13.9. The van der Waals surface area contributed by atoms with E-state index in [0.717, 1.165) is 12.0 Å². The van der Waals surface area contributed by atoms with Crippen molar-refractivity contribution in [2.24, 2.45) is 23.7 Å². The van der Waals surface area contributed by atoms with Gasteiger partial charge in [-0.1, -0.05) is 33.8 Å². The molecule has 1 amide bonds. The maximum atomic E-state index is 12.7. The lowest BCUT2D eigenvalue weighted by atomic mass is 9.80. The molecular formula is C30H50NO8-. The number of benzene rings is 1. The molecule has 1 aromatic carbocycles. The van der Waals surface area contributed by atoms with Gasteiger partial charge in [0.25, 0.3) is 0 Å². The number of rotatable bonds is 17. The van der Waals surface area contributed by atoms with Gasteiger partial charge in [0.2, 0.25) is 0 Å². The number of carboxylic acid groups (broad SMARTS) is 1. The predicted octanol–water partition coefficient (Wildman–Crippen LogP) is 3.98. The predicted molar refractivity (Wildman–Crippen MR) is 149 cm³/mol. The van der Waals surface area contributed by atoms with E-state index < -0.39 is 35.7 Å². The fourth-order valence-corrected chi connectivity index (χ4v) is 4.40. The number of amides is 1. The number of nitrogens with one attached hydrogen (secondary N) is 1. The zero-order valence-electron chi connectivity index (χ0n) is 25.2. The van der Waals surface area contributed by atoms with E-state index in [9.17, 15) is 19.8 Å². The fraction of sp³-hybridized carbons (Fsp3) is 0.733. The maximum Gasteiger partial charge on any atom is 0.407 e. The van der Waals surface area contributed by atoms with Crippen molar-refractivity contribution in [2.75, 3.05) is 27.4 Å². The van der Waals surface area contributed by atoms with E-state index in [1.165, 1.54) is 0 Å². The van der Waals surface area contributed by atoms with Crippen molar-refractivity contribution in [2.45, 2.75) is 91.9 Å². The Morgan fingerprint density at radius 1 is 1.00 bits per heavy atom. The molecule has 224 valence electrons. The van der Waals surface area contributed by atoms with E-state index >= 15 is 0 Å². The van der Waals surface area contributed by atoms with Crippen LogP contribution in [0.2, 0.25) is 0 Å². The first-order valence-corrected chi connectivity index (χ1v) is 13.9. The van der Waals surface area contributed by atoms with Gasteiger partial charge in [0, 0.05) is 32.0 Å². The van der Waals surface area contributed by atoms with Gasteiger partial charge in [0.1, 0.15) is 5.60 Å². The van der Waals surface area contributed by atoms with Gasteiger partial charge >= 0.3 is 6.09 Å². The van der Waals surface area contributed by atoms with Gasteiger partial charge in [0.05, 0.1) is 25.9 Å². The summed E-state index contributed by atoms with van der Waals surface area (Å²) in [5.74, 6) is -0.749. The Morgan fingerprint density at radius 2 is 1.67 bits per heavy atom. The molecule has 9 heteroatoms. The molecule has 0 aliphatic rings. The average molecular weight is 553 g/mol. The molecule has 0 aromatic heterocycles. The Labute approximate surface area is 234 Å². The standard InChI is InChI=1S/C30H51NO8/c1-19(2)22(15-21-11-12-26(37-9)27(16-21)38-14-10-13-36-8)17-24(31-29(35)39-30(5,6)7)25(32)18-23(20(3)4)28(33)34/h11-12,16,19-20,22-25,32H,10,13-15,17-18H2,1-9H3,(H,31,35)(H,33,34)/p-1/t22-,23-,24-,25-/m0/s1. The summed E-state index contributed by atoms with van der Waals surface area (Å²) in [4.78, 5) is 24.4. The number of hydrogen-bond acceptors (Lipinski definition) is 8. The lowest BCUT2D eigenvalue weighted by Crippen LogP contribution is -2.49. The van der Waals surface area contributed by atoms with Crippen molar-refractivity contribution in [3.63, 3.8) is 0 Å². The third-order valence-corrected chi connectivity index (χ3v) is 6.75. The summed E-state index contributed by atoms with van der Waals surface area (Å²) >= 11 is 0. The van der Waals surface area contributed by atoms with Crippen LogP contribution in [0.5, 0.6) is 11.5 Å². The second-order valence-electron chi connectivity index (χ2n) is 11.8. The topological polar surface area (TPSA) is 126 Å². The van der Waals surface area contributed by atoms with Crippen molar-refractivity contribution < 1.29 is 38.7 Å². The van der Waals surface area contributed by atoms with Crippen LogP contribution in [0.3, 0.4) is 0 Å². The number of methoxy groups -OCH3 is 2. The Kier molecular flexibility index (Phi) is 14.6. The molecule has 39 heavy (non-hydrogen) atoms. The number of aliphatic hydroxyl groups excluding tert-OH is 1. The van der Waals surface area contributed by atoms with Crippen molar-refractivity contribution in [1.29, 1.82) is 0 Å². The molecule has 2 N–H and O–H groups in total. The molecule has 0 saturated carbocycles. The van der Waals surface area contributed by atoms with Gasteiger partial charge in [-0.3, -0.25) is 0 Å². The number of aliphatic hydroxyl groups is 1. The number of carbonyl (C=O) groups is 2. The Morgan fingerprint density at radius 3 is 2.18 bits per heavy atom. The normalized spacial score (nSPS) is 15.0. The van der Waals surface area contributed by atoms with Crippen LogP contribution in [0.4, 0.5) is 4.79 Å². The number of ether oxygens (including phenoxy) is 4. The Balaban J connectivity index is 3.18. The molecule has 1 rings (SSSR count). The van der Waals surface area contributed by atoms with E-state index in [1.54, 1.807) is 48.8 Å². The van der Waals surface area contributed by atoms with Gasteiger partial charge in [-0.05, 0) is 75.5 Å². The third-order valence-electron chi connectivity index (χ3n) is 6.75. The van der Waals surface area contributed by atoms with Crippen LogP contribution in [-0.2, 0) is 20.7 Å². The van der Waals surface area contributed by atoms with Crippen LogP contribution in [0.15, 0.2) is 18.2 Å². The molecule has 0 saturated heterocycles. The van der Waals surface area contributed by atoms with Gasteiger partial charge in [0.15, 0.2) is 11.5 Å². The van der Waals surface area contributed by atoms with Gasteiger partial charge in [-0.2, -0.15) is 0 Å². The number of alkyl carbamates (subject to hydrolysis) is 1. The summed E-state index contributed by atoms with van der Waals surface area (Å²) in [6.07, 6.45) is 0.0414. The van der Waals surface area contributed by atoms with Crippen LogP contribution in [0.25, 0.3) is 0 Å². The highest BCUT2D eigenvalue weighted by Crippen LogP contribution is 2.32. The molecule has 0 bridgehead atoms. The first kappa shape index (κ1) is 34.5. The highest BCUT2D eigenvalue weighted by Gasteiger charge is 2.31. The van der Waals surface area contributed by atoms with Crippen LogP contribution in [0.1, 0.15) is 73.3 Å². The smallest absolute Gasteiger partial charge is 0.407 e. The lowest BCUT2D eigenvalue weighted by Gasteiger charge is -2.33. The van der Waals surface area contributed by atoms with Gasteiger partial charge in [-0.25, -0.2) is 4.79 Å². The Hall–Kier alpha value is -2.52. The molecular weight excluding hydrogens is 502 g/mol. The monoisotopic (exact) mass is 552 g/mol. The molecule has 9 nitrogen and oxygen atoms in total. The molecule has 0 fully saturated rings. The van der Waals surface area contributed by atoms with Crippen LogP contribution < -0.4 is 19.9 Å². The van der Waals surface area contributed by atoms with E-state index in [2.05, 4.69) is 19.2 Å². The number of carbonyl (C=O) groups excluding carboxylic acids is 2. The van der Waals surface area contributed by atoms with Crippen LogP contribution in [-0.4, -0.2) is 62.3 Å². The summed E-state index contributed by atoms with van der Waals surface area (Å²) in [5, 5.41) is 25.7. The van der Waals surface area contributed by atoms with Gasteiger partial charge < -0.3 is 39.3 Å². The summed E-state index contributed by atoms with van der Waals surface area (Å²) in [7, 11) is 3.25. The minimum Gasteiger partial charge on any atom is -0.550 e. The Bertz CT molecular complexity index is 880. The second-order valence-corrected chi connectivity index (χ2v) is 11.8. The zero-order chi connectivity index (χ0) is 29.8. The van der Waals surface area contributed by atoms with Gasteiger partial charge in [-0.15, -0.1) is 0 Å². The van der Waals surface area contributed by atoms with Crippen molar-refractivity contribution in [1.82, 2.24) is 5.32 Å². The summed E-state index contributed by atoms with van der Waals surface area (Å²) in [6, 6.07) is 5.10. The van der Waals surface area contributed by atoms with E-state index in [0.29, 0.717) is 37.6 Å². The highest BCUT2D eigenvalue weighted by atomic mass is 16.6. The third kappa shape index (κ3) is 12.9. The molecule has 0 aliphatic carbocycles. The van der Waals surface area contributed by atoms with Crippen LogP contribution in [0, 0.1) is 23.7 Å². The van der Waals surface area contributed by atoms with E-state index in [4.69, 9.17) is 18.9 Å². The molecule has 0 aliphatic heterocycles. The largest absolute Gasteiger partial charge is 0.550 e.